The first-order chi connectivity index (χ1) is 14.6. The Morgan fingerprint density at radius 1 is 1.03 bits per heavy atom. The zero-order chi connectivity index (χ0) is 21.3. The number of carboxylic acid groups (broad SMARTS) is 1. The third kappa shape index (κ3) is 6.03. The molecule has 0 spiro atoms. The van der Waals surface area contributed by atoms with Crippen molar-refractivity contribution in [1.82, 2.24) is 0 Å². The second-order valence-electron chi connectivity index (χ2n) is 6.27. The van der Waals surface area contributed by atoms with Crippen LogP contribution in [0.3, 0.4) is 0 Å². The van der Waals surface area contributed by atoms with Gasteiger partial charge in [0.15, 0.2) is 6.61 Å². The average Bonchev–Trinajstić information content (AvgIpc) is 2.76. The first-order valence-electron chi connectivity index (χ1n) is 9.24. The molecule has 30 heavy (non-hydrogen) atoms. The van der Waals surface area contributed by atoms with E-state index >= 15 is 0 Å². The highest BCUT2D eigenvalue weighted by Gasteiger charge is 2.10. The van der Waals surface area contributed by atoms with Crippen LogP contribution in [0.5, 0.6) is 11.5 Å². The maximum absolute atomic E-state index is 10.7. The van der Waals surface area contributed by atoms with Crippen LogP contribution in [-0.2, 0) is 4.79 Å². The number of benzene rings is 3. The highest BCUT2D eigenvalue weighted by molar-refractivity contribution is 14.1. The van der Waals surface area contributed by atoms with E-state index in [-0.39, 0.29) is 6.61 Å². The van der Waals surface area contributed by atoms with Crippen molar-refractivity contribution in [3.63, 3.8) is 0 Å². The maximum atomic E-state index is 10.7. The van der Waals surface area contributed by atoms with Gasteiger partial charge in [0.05, 0.1) is 10.7 Å². The van der Waals surface area contributed by atoms with E-state index in [0.717, 1.165) is 36.7 Å². The highest BCUT2D eigenvalue weighted by atomic mass is 127. The van der Waals surface area contributed by atoms with E-state index in [2.05, 4.69) is 46.9 Å². The molecule has 0 radical (unpaired) electrons. The predicted molar refractivity (Wildman–Crippen MR) is 130 cm³/mol. The number of aliphatic carboxylic acids is 1. The molecular weight excluding hydrogens is 511 g/mol. The number of para-hydroxylation sites is 1. The summed E-state index contributed by atoms with van der Waals surface area (Å²) in [6, 6.07) is 24.1. The molecule has 0 saturated carbocycles. The second kappa shape index (κ2) is 11.1. The Kier molecular flexibility index (Phi) is 8.21. The quantitative estimate of drug-likeness (QED) is 0.271. The van der Waals surface area contributed by atoms with Crippen LogP contribution in [0.25, 0.3) is 5.57 Å². The summed E-state index contributed by atoms with van der Waals surface area (Å²) in [4.78, 5) is 11.8. The Hall–Kier alpha value is -2.45. The largest absolute Gasteiger partial charge is 0.496 e. The summed E-state index contributed by atoms with van der Waals surface area (Å²) in [5.74, 6) is 1.20. The summed E-state index contributed by atoms with van der Waals surface area (Å²) < 4.78 is 11.8. The van der Waals surface area contributed by atoms with Crippen molar-refractivity contribution in [3.8, 4) is 11.5 Å². The number of hydrogen-bond donors (Lipinski definition) is 1. The van der Waals surface area contributed by atoms with Crippen LogP contribution in [-0.4, -0.2) is 30.5 Å². The number of rotatable bonds is 9. The van der Waals surface area contributed by atoms with Crippen molar-refractivity contribution in [2.75, 3.05) is 19.5 Å². The highest BCUT2D eigenvalue weighted by Crippen LogP contribution is 2.33. The minimum absolute atomic E-state index is 0.343. The van der Waals surface area contributed by atoms with Gasteiger partial charge >= 0.3 is 5.97 Å². The Labute approximate surface area is 194 Å². The molecule has 3 aromatic rings. The molecule has 1 N–H and O–H groups in total. The molecule has 3 rings (SSSR count). The zero-order valence-corrected chi connectivity index (χ0v) is 19.4. The van der Waals surface area contributed by atoms with Gasteiger partial charge in [-0.3, -0.25) is 0 Å². The lowest BCUT2D eigenvalue weighted by molar-refractivity contribution is -0.139. The number of carbonyl (C=O) groups is 1. The van der Waals surface area contributed by atoms with E-state index in [1.54, 1.807) is 18.9 Å². The first-order valence-corrected chi connectivity index (χ1v) is 11.3. The Morgan fingerprint density at radius 2 is 1.77 bits per heavy atom. The SMILES string of the molecule is COc1ccccc1C(=CCSc1ccc(OCC(=O)O)c(I)c1)c1ccccc1. The molecule has 0 aliphatic carbocycles. The van der Waals surface area contributed by atoms with Gasteiger partial charge in [0, 0.05) is 16.2 Å². The van der Waals surface area contributed by atoms with E-state index in [4.69, 9.17) is 14.6 Å². The summed E-state index contributed by atoms with van der Waals surface area (Å²) >= 11 is 3.87. The van der Waals surface area contributed by atoms with Gasteiger partial charge in [-0.15, -0.1) is 11.8 Å². The molecule has 0 aromatic heterocycles. The Morgan fingerprint density at radius 3 is 2.47 bits per heavy atom. The fraction of sp³-hybridized carbons (Fsp3) is 0.125. The summed E-state index contributed by atoms with van der Waals surface area (Å²) in [5, 5.41) is 8.77. The van der Waals surface area contributed by atoms with Gasteiger partial charge in [-0.05, 0) is 58.0 Å². The van der Waals surface area contributed by atoms with Gasteiger partial charge < -0.3 is 14.6 Å². The molecule has 3 aromatic carbocycles. The molecule has 0 fully saturated rings. The van der Waals surface area contributed by atoms with Crippen molar-refractivity contribution in [1.29, 1.82) is 0 Å². The minimum Gasteiger partial charge on any atom is -0.496 e. The maximum Gasteiger partial charge on any atom is 0.341 e. The van der Waals surface area contributed by atoms with Crippen LogP contribution < -0.4 is 9.47 Å². The number of carboxylic acids is 1. The molecular formula is C24H21IO4S. The Balaban J connectivity index is 1.80. The molecule has 0 aliphatic heterocycles. The first kappa shape index (κ1) is 22.2. The monoisotopic (exact) mass is 532 g/mol. The molecule has 0 saturated heterocycles. The molecule has 0 heterocycles. The van der Waals surface area contributed by atoms with Gasteiger partial charge in [0.25, 0.3) is 0 Å². The van der Waals surface area contributed by atoms with E-state index in [1.807, 2.05) is 54.6 Å². The fourth-order valence-electron chi connectivity index (χ4n) is 2.92. The number of thioether (sulfide) groups is 1. The lowest BCUT2D eigenvalue weighted by atomic mass is 9.97. The van der Waals surface area contributed by atoms with Crippen LogP contribution in [0.1, 0.15) is 11.1 Å². The van der Waals surface area contributed by atoms with Crippen molar-refractivity contribution < 1.29 is 19.4 Å². The van der Waals surface area contributed by atoms with Gasteiger partial charge in [-0.1, -0.05) is 54.6 Å². The topological polar surface area (TPSA) is 55.8 Å². The lowest BCUT2D eigenvalue weighted by Crippen LogP contribution is -2.10. The predicted octanol–water partition coefficient (Wildman–Crippen LogP) is 5.99. The van der Waals surface area contributed by atoms with Crippen LogP contribution >= 0.6 is 34.4 Å². The van der Waals surface area contributed by atoms with E-state index in [9.17, 15) is 4.79 Å². The summed E-state index contributed by atoms with van der Waals surface area (Å²) in [5.41, 5.74) is 3.31. The normalized spacial score (nSPS) is 11.2. The summed E-state index contributed by atoms with van der Waals surface area (Å²) in [6.45, 7) is -0.343. The minimum atomic E-state index is -0.987. The van der Waals surface area contributed by atoms with Gasteiger partial charge in [0.1, 0.15) is 11.5 Å². The third-order valence-electron chi connectivity index (χ3n) is 4.27. The van der Waals surface area contributed by atoms with Crippen molar-refractivity contribution >= 4 is 45.9 Å². The molecule has 0 bridgehead atoms. The molecule has 6 heteroatoms. The lowest BCUT2D eigenvalue weighted by Gasteiger charge is -2.13. The van der Waals surface area contributed by atoms with Crippen LogP contribution in [0.4, 0.5) is 0 Å². The van der Waals surface area contributed by atoms with E-state index < -0.39 is 5.97 Å². The van der Waals surface area contributed by atoms with Crippen LogP contribution in [0, 0.1) is 3.57 Å². The molecule has 0 aliphatic rings. The summed E-state index contributed by atoms with van der Waals surface area (Å²) in [6.07, 6.45) is 2.21. The molecule has 4 nitrogen and oxygen atoms in total. The van der Waals surface area contributed by atoms with Gasteiger partial charge in [-0.25, -0.2) is 4.79 Å². The van der Waals surface area contributed by atoms with Gasteiger partial charge in [0.2, 0.25) is 0 Å². The van der Waals surface area contributed by atoms with Crippen LogP contribution in [0.2, 0.25) is 0 Å². The summed E-state index contributed by atoms with van der Waals surface area (Å²) in [7, 11) is 1.69. The number of hydrogen-bond acceptors (Lipinski definition) is 4. The second-order valence-corrected chi connectivity index (χ2v) is 8.53. The fourth-order valence-corrected chi connectivity index (χ4v) is 4.61. The van der Waals surface area contributed by atoms with Gasteiger partial charge in [-0.2, -0.15) is 0 Å². The molecule has 154 valence electrons. The number of ether oxygens (including phenoxy) is 2. The number of halogens is 1. The smallest absolute Gasteiger partial charge is 0.341 e. The van der Waals surface area contributed by atoms with Crippen LogP contribution in [0.15, 0.2) is 83.8 Å². The zero-order valence-electron chi connectivity index (χ0n) is 16.4. The third-order valence-corrected chi connectivity index (χ3v) is 6.04. The van der Waals surface area contributed by atoms with Crippen molar-refractivity contribution in [2.45, 2.75) is 4.90 Å². The van der Waals surface area contributed by atoms with Crippen molar-refractivity contribution in [2.24, 2.45) is 0 Å². The number of methoxy groups -OCH3 is 1. The van der Waals surface area contributed by atoms with Crippen molar-refractivity contribution in [3.05, 3.63) is 93.6 Å². The Bertz CT molecular complexity index is 1030. The molecule has 0 atom stereocenters. The average molecular weight is 532 g/mol. The standard InChI is InChI=1S/C24H21IO4S/c1-28-22-10-6-5-9-20(22)19(17-7-3-2-4-8-17)13-14-30-18-11-12-23(21(25)15-18)29-16-24(26)27/h2-13,15H,14,16H2,1H3,(H,26,27). The van der Waals surface area contributed by atoms with E-state index in [0.29, 0.717) is 5.75 Å². The van der Waals surface area contributed by atoms with E-state index in [1.165, 1.54) is 0 Å². The molecule has 0 amide bonds. The molecule has 0 unspecified atom stereocenters.